The molecule has 4 nitrogen and oxygen atoms in total. The quantitative estimate of drug-likeness (QED) is 0.890. The molecule has 2 unspecified atom stereocenters. The summed E-state index contributed by atoms with van der Waals surface area (Å²) in [7, 11) is 1.97. The van der Waals surface area contributed by atoms with Gasteiger partial charge in [0.05, 0.1) is 12.2 Å². The molecule has 0 aromatic carbocycles. The van der Waals surface area contributed by atoms with Crippen molar-refractivity contribution in [2.24, 2.45) is 12.8 Å². The minimum absolute atomic E-state index is 0.201. The van der Waals surface area contributed by atoms with E-state index in [4.69, 9.17) is 5.73 Å². The van der Waals surface area contributed by atoms with Gasteiger partial charge in [-0.1, -0.05) is 19.8 Å². The molecule has 4 heteroatoms. The molecular weight excluding hydrogens is 224 g/mol. The Bertz CT molecular complexity index is 352. The smallest absolute Gasteiger partial charge is 0.0538 e. The molecule has 1 fully saturated rings. The van der Waals surface area contributed by atoms with Crippen LogP contribution in [-0.4, -0.2) is 33.8 Å². The third-order valence-electron chi connectivity index (χ3n) is 3.98. The van der Waals surface area contributed by atoms with Gasteiger partial charge in [-0.15, -0.1) is 0 Å². The van der Waals surface area contributed by atoms with Gasteiger partial charge >= 0.3 is 0 Å². The average molecular weight is 250 g/mol. The first kappa shape index (κ1) is 13.6. The van der Waals surface area contributed by atoms with Gasteiger partial charge in [0.1, 0.15) is 0 Å². The van der Waals surface area contributed by atoms with Gasteiger partial charge in [0.2, 0.25) is 0 Å². The van der Waals surface area contributed by atoms with Crippen molar-refractivity contribution >= 4 is 0 Å². The van der Waals surface area contributed by atoms with Crippen LogP contribution in [0.4, 0.5) is 0 Å². The van der Waals surface area contributed by atoms with E-state index < -0.39 is 0 Å². The number of nitrogens with zero attached hydrogens (tertiary/aromatic N) is 3. The van der Waals surface area contributed by atoms with Crippen molar-refractivity contribution in [3.63, 3.8) is 0 Å². The predicted octanol–water partition coefficient (Wildman–Crippen LogP) is 2.07. The maximum absolute atomic E-state index is 6.36. The number of aryl methyl sites for hydroxylation is 1. The molecule has 1 saturated heterocycles. The van der Waals surface area contributed by atoms with E-state index in [0.29, 0.717) is 6.04 Å². The SMILES string of the molecule is CCC(N)C(c1cnn(C)c1)N1CCCCCC1. The summed E-state index contributed by atoms with van der Waals surface area (Å²) in [6, 6.07) is 0.536. The van der Waals surface area contributed by atoms with Crippen LogP contribution in [0, 0.1) is 0 Å². The van der Waals surface area contributed by atoms with Crippen LogP contribution in [0.25, 0.3) is 0 Å². The molecule has 18 heavy (non-hydrogen) atoms. The van der Waals surface area contributed by atoms with Crippen LogP contribution in [0.5, 0.6) is 0 Å². The third kappa shape index (κ3) is 3.12. The molecule has 0 saturated carbocycles. The fourth-order valence-corrected chi connectivity index (χ4v) is 2.92. The molecule has 0 aliphatic carbocycles. The molecule has 0 spiro atoms. The van der Waals surface area contributed by atoms with E-state index in [9.17, 15) is 0 Å². The number of nitrogens with two attached hydrogens (primary N) is 1. The molecule has 0 bridgehead atoms. The van der Waals surface area contributed by atoms with Crippen LogP contribution >= 0.6 is 0 Å². The molecule has 1 aliphatic heterocycles. The maximum Gasteiger partial charge on any atom is 0.0538 e. The van der Waals surface area contributed by atoms with Gasteiger partial charge in [-0.05, 0) is 32.4 Å². The largest absolute Gasteiger partial charge is 0.326 e. The summed E-state index contributed by atoms with van der Waals surface area (Å²) in [5.74, 6) is 0. The average Bonchev–Trinajstić information content (AvgIpc) is 2.64. The minimum Gasteiger partial charge on any atom is -0.326 e. The molecule has 2 atom stereocenters. The normalized spacial score (nSPS) is 21.5. The molecule has 102 valence electrons. The van der Waals surface area contributed by atoms with Crippen molar-refractivity contribution in [1.82, 2.24) is 14.7 Å². The summed E-state index contributed by atoms with van der Waals surface area (Å²) in [4.78, 5) is 2.57. The van der Waals surface area contributed by atoms with E-state index in [1.165, 1.54) is 44.3 Å². The lowest BCUT2D eigenvalue weighted by atomic mass is 9.99. The van der Waals surface area contributed by atoms with E-state index in [0.717, 1.165) is 6.42 Å². The summed E-state index contributed by atoms with van der Waals surface area (Å²) >= 11 is 0. The zero-order valence-electron chi connectivity index (χ0n) is 11.7. The van der Waals surface area contributed by atoms with Gasteiger partial charge in [0.25, 0.3) is 0 Å². The number of aromatic nitrogens is 2. The van der Waals surface area contributed by atoms with Crippen molar-refractivity contribution in [3.05, 3.63) is 18.0 Å². The molecular formula is C14H26N4. The number of rotatable bonds is 4. The summed E-state index contributed by atoms with van der Waals surface area (Å²) in [5.41, 5.74) is 7.63. The molecule has 2 heterocycles. The molecule has 0 radical (unpaired) electrons. The number of hydrogen-bond acceptors (Lipinski definition) is 3. The Morgan fingerprint density at radius 3 is 2.44 bits per heavy atom. The van der Waals surface area contributed by atoms with Gasteiger partial charge in [0, 0.05) is 24.8 Å². The summed E-state index contributed by atoms with van der Waals surface area (Å²) in [5, 5.41) is 4.31. The van der Waals surface area contributed by atoms with Crippen molar-refractivity contribution in [1.29, 1.82) is 0 Å². The maximum atomic E-state index is 6.36. The van der Waals surface area contributed by atoms with Crippen molar-refractivity contribution in [2.75, 3.05) is 13.1 Å². The third-order valence-corrected chi connectivity index (χ3v) is 3.98. The lowest BCUT2D eigenvalue weighted by molar-refractivity contribution is 0.175. The Balaban J connectivity index is 2.18. The van der Waals surface area contributed by atoms with Crippen LogP contribution in [0.15, 0.2) is 12.4 Å². The van der Waals surface area contributed by atoms with Gasteiger partial charge in [-0.3, -0.25) is 9.58 Å². The van der Waals surface area contributed by atoms with Crippen molar-refractivity contribution in [2.45, 2.75) is 51.1 Å². The van der Waals surface area contributed by atoms with E-state index >= 15 is 0 Å². The highest BCUT2D eigenvalue weighted by molar-refractivity contribution is 5.13. The topological polar surface area (TPSA) is 47.1 Å². The fourth-order valence-electron chi connectivity index (χ4n) is 2.92. The second kappa shape index (κ2) is 6.34. The number of likely N-dealkylation sites (tertiary alicyclic amines) is 1. The van der Waals surface area contributed by atoms with E-state index in [-0.39, 0.29) is 6.04 Å². The summed E-state index contributed by atoms with van der Waals surface area (Å²) in [6.45, 7) is 4.52. The van der Waals surface area contributed by atoms with Crippen molar-refractivity contribution in [3.8, 4) is 0 Å². The molecule has 0 amide bonds. The van der Waals surface area contributed by atoms with Crippen LogP contribution < -0.4 is 5.73 Å². The van der Waals surface area contributed by atoms with Crippen LogP contribution in [0.1, 0.15) is 50.6 Å². The van der Waals surface area contributed by atoms with Crippen molar-refractivity contribution < 1.29 is 0 Å². The first-order valence-electron chi connectivity index (χ1n) is 7.20. The number of hydrogen-bond donors (Lipinski definition) is 1. The molecule has 1 aliphatic rings. The highest BCUT2D eigenvalue weighted by Crippen LogP contribution is 2.27. The monoisotopic (exact) mass is 250 g/mol. The van der Waals surface area contributed by atoms with Gasteiger partial charge < -0.3 is 5.73 Å². The molecule has 1 aromatic rings. The van der Waals surface area contributed by atoms with E-state index in [1.54, 1.807) is 0 Å². The first-order valence-corrected chi connectivity index (χ1v) is 7.20. The fraction of sp³-hybridized carbons (Fsp3) is 0.786. The zero-order chi connectivity index (χ0) is 13.0. The molecule has 2 rings (SSSR count). The Morgan fingerprint density at radius 1 is 1.28 bits per heavy atom. The second-order valence-corrected chi connectivity index (χ2v) is 5.41. The lowest BCUT2D eigenvalue weighted by Gasteiger charge is -2.34. The molecule has 2 N–H and O–H groups in total. The van der Waals surface area contributed by atoms with Crippen LogP contribution in [-0.2, 0) is 7.05 Å². The summed E-state index contributed by atoms with van der Waals surface area (Å²) in [6.07, 6.45) is 10.4. The van der Waals surface area contributed by atoms with Crippen LogP contribution in [0.2, 0.25) is 0 Å². The van der Waals surface area contributed by atoms with Gasteiger partial charge in [-0.2, -0.15) is 5.10 Å². The van der Waals surface area contributed by atoms with Gasteiger partial charge in [-0.25, -0.2) is 0 Å². The minimum atomic E-state index is 0.201. The first-order chi connectivity index (χ1) is 8.72. The highest BCUT2D eigenvalue weighted by Gasteiger charge is 2.27. The standard InChI is InChI=1S/C14H26N4/c1-3-13(15)14(12-10-16-17(2)11-12)18-8-6-4-5-7-9-18/h10-11,13-14H,3-9,15H2,1-2H3. The second-order valence-electron chi connectivity index (χ2n) is 5.41. The Labute approximate surface area is 110 Å². The van der Waals surface area contributed by atoms with E-state index in [2.05, 4.69) is 23.1 Å². The molecule has 1 aromatic heterocycles. The van der Waals surface area contributed by atoms with Crippen LogP contribution in [0.3, 0.4) is 0 Å². The zero-order valence-corrected chi connectivity index (χ0v) is 11.7. The highest BCUT2D eigenvalue weighted by atomic mass is 15.3. The van der Waals surface area contributed by atoms with E-state index in [1.807, 2.05) is 17.9 Å². The lowest BCUT2D eigenvalue weighted by Crippen LogP contribution is -2.41. The Kier molecular flexibility index (Phi) is 4.78. The summed E-state index contributed by atoms with van der Waals surface area (Å²) < 4.78 is 1.88. The predicted molar refractivity (Wildman–Crippen MR) is 74.3 cm³/mol. The Hall–Kier alpha value is -0.870. The van der Waals surface area contributed by atoms with Gasteiger partial charge in [0.15, 0.2) is 0 Å². The Morgan fingerprint density at radius 2 is 1.94 bits per heavy atom.